The topological polar surface area (TPSA) is 58.6 Å². The van der Waals surface area contributed by atoms with E-state index < -0.39 is 10.0 Å². The predicted octanol–water partition coefficient (Wildman–Crippen LogP) is 2.69. The fourth-order valence-corrected chi connectivity index (χ4v) is 4.27. The van der Waals surface area contributed by atoms with Crippen LogP contribution in [0.3, 0.4) is 0 Å². The van der Waals surface area contributed by atoms with Crippen LogP contribution >= 0.6 is 11.6 Å². The maximum atomic E-state index is 12.6. The van der Waals surface area contributed by atoms with Crippen molar-refractivity contribution in [3.05, 3.63) is 65.2 Å². The molecular weight excluding hydrogens is 360 g/mol. The number of ether oxygens (including phenoxy) is 1. The molecule has 25 heavy (non-hydrogen) atoms. The molecule has 3 rings (SSSR count). The Morgan fingerprint density at radius 1 is 1.08 bits per heavy atom. The Balaban J connectivity index is 1.78. The third kappa shape index (κ3) is 4.80. The van der Waals surface area contributed by atoms with Crippen LogP contribution in [0.2, 0.25) is 5.02 Å². The van der Waals surface area contributed by atoms with E-state index in [1.54, 1.807) is 18.2 Å². The lowest BCUT2D eigenvalue weighted by molar-refractivity contribution is 0.0172. The van der Waals surface area contributed by atoms with E-state index in [4.69, 9.17) is 16.3 Å². The lowest BCUT2D eigenvalue weighted by Gasteiger charge is -2.34. The van der Waals surface area contributed by atoms with Gasteiger partial charge in [0.1, 0.15) is 0 Å². The number of nitrogens with zero attached hydrogens (tertiary/aromatic N) is 1. The van der Waals surface area contributed by atoms with Gasteiger partial charge in [0.05, 0.1) is 18.1 Å². The first-order valence-corrected chi connectivity index (χ1v) is 10.0. The van der Waals surface area contributed by atoms with Crippen molar-refractivity contribution in [3.63, 3.8) is 0 Å². The second-order valence-corrected chi connectivity index (χ2v) is 8.09. The fraction of sp³-hybridized carbons (Fsp3) is 0.333. The van der Waals surface area contributed by atoms with Crippen LogP contribution in [0.25, 0.3) is 0 Å². The third-order valence-electron chi connectivity index (χ3n) is 4.24. The molecule has 0 bridgehead atoms. The Kier molecular flexibility index (Phi) is 6.09. The van der Waals surface area contributed by atoms with Gasteiger partial charge in [0.2, 0.25) is 10.0 Å². The van der Waals surface area contributed by atoms with E-state index in [2.05, 4.69) is 9.62 Å². The molecule has 1 N–H and O–H groups in total. The highest BCUT2D eigenvalue weighted by Crippen LogP contribution is 2.22. The summed E-state index contributed by atoms with van der Waals surface area (Å²) >= 11 is 5.92. The molecule has 1 aliphatic rings. The van der Waals surface area contributed by atoms with Gasteiger partial charge in [-0.1, -0.05) is 48.0 Å². The second kappa shape index (κ2) is 8.29. The molecule has 0 radical (unpaired) electrons. The summed E-state index contributed by atoms with van der Waals surface area (Å²) in [5, 5.41) is 0.399. The zero-order chi connectivity index (χ0) is 17.7. The molecule has 0 spiro atoms. The van der Waals surface area contributed by atoms with Gasteiger partial charge >= 0.3 is 0 Å². The van der Waals surface area contributed by atoms with Crippen LogP contribution < -0.4 is 4.72 Å². The van der Waals surface area contributed by atoms with Gasteiger partial charge in [-0.05, 0) is 23.8 Å². The minimum absolute atomic E-state index is 0.0425. The zero-order valence-corrected chi connectivity index (χ0v) is 15.3. The highest BCUT2D eigenvalue weighted by molar-refractivity contribution is 7.89. The molecule has 0 aromatic heterocycles. The monoisotopic (exact) mass is 380 g/mol. The molecule has 0 amide bonds. The molecule has 7 heteroatoms. The summed E-state index contributed by atoms with van der Waals surface area (Å²) in [4.78, 5) is 2.42. The summed E-state index contributed by atoms with van der Waals surface area (Å²) in [5.41, 5.74) is 1.08. The summed E-state index contributed by atoms with van der Waals surface area (Å²) < 4.78 is 33.3. The molecule has 2 aromatic carbocycles. The van der Waals surface area contributed by atoms with Crippen LogP contribution in [-0.2, 0) is 14.8 Å². The minimum Gasteiger partial charge on any atom is -0.379 e. The van der Waals surface area contributed by atoms with Crippen LogP contribution in [0, 0.1) is 0 Å². The van der Waals surface area contributed by atoms with Crippen LogP contribution in [0.4, 0.5) is 0 Å². The van der Waals surface area contributed by atoms with Gasteiger partial charge in [-0.3, -0.25) is 4.90 Å². The highest BCUT2D eigenvalue weighted by atomic mass is 35.5. The maximum Gasteiger partial charge on any atom is 0.240 e. The lowest BCUT2D eigenvalue weighted by Crippen LogP contribution is -2.43. The van der Waals surface area contributed by atoms with Gasteiger partial charge in [-0.15, -0.1) is 0 Å². The fourth-order valence-electron chi connectivity index (χ4n) is 2.93. The number of rotatable bonds is 6. The molecule has 1 saturated heterocycles. The van der Waals surface area contributed by atoms with Crippen LogP contribution in [-0.4, -0.2) is 46.2 Å². The first-order chi connectivity index (χ1) is 12.1. The molecule has 1 fully saturated rings. The van der Waals surface area contributed by atoms with Crippen molar-refractivity contribution < 1.29 is 13.2 Å². The van der Waals surface area contributed by atoms with Crippen molar-refractivity contribution in [1.29, 1.82) is 0 Å². The van der Waals surface area contributed by atoms with Gasteiger partial charge in [0.25, 0.3) is 0 Å². The third-order valence-corrected chi connectivity index (χ3v) is 5.90. The Morgan fingerprint density at radius 3 is 2.48 bits per heavy atom. The van der Waals surface area contributed by atoms with Crippen molar-refractivity contribution in [2.24, 2.45) is 0 Å². The van der Waals surface area contributed by atoms with Crippen molar-refractivity contribution in [2.75, 3.05) is 32.8 Å². The SMILES string of the molecule is O=S(=O)(NC[C@@H](c1ccccc1)N1CCOCC1)c1cccc(Cl)c1. The Hall–Kier alpha value is -1.44. The normalized spacial score (nSPS) is 17.3. The Morgan fingerprint density at radius 2 is 1.80 bits per heavy atom. The summed E-state index contributed by atoms with van der Waals surface area (Å²) in [6.07, 6.45) is 0. The van der Waals surface area contributed by atoms with Gasteiger partial charge in [-0.2, -0.15) is 0 Å². The lowest BCUT2D eigenvalue weighted by atomic mass is 10.1. The Bertz CT molecular complexity index is 793. The average molecular weight is 381 g/mol. The predicted molar refractivity (Wildman–Crippen MR) is 98.2 cm³/mol. The smallest absolute Gasteiger partial charge is 0.240 e. The molecule has 0 aliphatic carbocycles. The standard InChI is InChI=1S/C18H21ClN2O3S/c19-16-7-4-8-17(13-16)25(22,23)20-14-18(15-5-2-1-3-6-15)21-9-11-24-12-10-21/h1-8,13,18,20H,9-12,14H2/t18-/m0/s1. The van der Waals surface area contributed by atoms with Gasteiger partial charge in [0.15, 0.2) is 0 Å². The molecule has 1 atom stereocenters. The van der Waals surface area contributed by atoms with Gasteiger partial charge in [-0.25, -0.2) is 13.1 Å². The number of sulfonamides is 1. The number of benzene rings is 2. The molecule has 2 aromatic rings. The molecule has 0 unspecified atom stereocenters. The van der Waals surface area contributed by atoms with Crippen LogP contribution in [0.1, 0.15) is 11.6 Å². The number of hydrogen-bond donors (Lipinski definition) is 1. The molecule has 134 valence electrons. The number of halogens is 1. The van der Waals surface area contributed by atoms with Crippen molar-refractivity contribution in [2.45, 2.75) is 10.9 Å². The number of hydrogen-bond acceptors (Lipinski definition) is 4. The highest BCUT2D eigenvalue weighted by Gasteiger charge is 2.25. The first-order valence-electron chi connectivity index (χ1n) is 8.18. The van der Waals surface area contributed by atoms with E-state index in [9.17, 15) is 8.42 Å². The van der Waals surface area contributed by atoms with Crippen molar-refractivity contribution in [3.8, 4) is 0 Å². The van der Waals surface area contributed by atoms with E-state index in [1.807, 2.05) is 30.3 Å². The maximum absolute atomic E-state index is 12.6. The number of nitrogens with one attached hydrogen (secondary N) is 1. The van der Waals surface area contributed by atoms with E-state index in [0.29, 0.717) is 24.8 Å². The molecule has 1 aliphatic heterocycles. The van der Waals surface area contributed by atoms with E-state index in [0.717, 1.165) is 18.7 Å². The number of morpholine rings is 1. The summed E-state index contributed by atoms with van der Waals surface area (Å²) in [6.45, 7) is 3.16. The quantitative estimate of drug-likeness (QED) is 0.837. The first kappa shape index (κ1) is 18.4. The molecular formula is C18H21ClN2O3S. The molecule has 0 saturated carbocycles. The van der Waals surface area contributed by atoms with Crippen molar-refractivity contribution >= 4 is 21.6 Å². The van der Waals surface area contributed by atoms with Crippen molar-refractivity contribution in [1.82, 2.24) is 9.62 Å². The minimum atomic E-state index is -3.62. The van der Waals surface area contributed by atoms with Gasteiger partial charge in [0, 0.05) is 30.7 Å². The van der Waals surface area contributed by atoms with E-state index >= 15 is 0 Å². The summed E-state index contributed by atoms with van der Waals surface area (Å²) in [7, 11) is -3.62. The summed E-state index contributed by atoms with van der Waals surface area (Å²) in [6, 6.07) is 16.2. The van der Waals surface area contributed by atoms with Gasteiger partial charge < -0.3 is 4.74 Å². The van der Waals surface area contributed by atoms with E-state index in [1.165, 1.54) is 6.07 Å². The zero-order valence-electron chi connectivity index (χ0n) is 13.8. The average Bonchev–Trinajstić information content (AvgIpc) is 2.64. The second-order valence-electron chi connectivity index (χ2n) is 5.88. The summed E-state index contributed by atoms with van der Waals surface area (Å²) in [5.74, 6) is 0. The van der Waals surface area contributed by atoms with E-state index in [-0.39, 0.29) is 10.9 Å². The largest absolute Gasteiger partial charge is 0.379 e. The molecule has 5 nitrogen and oxygen atoms in total. The molecule has 1 heterocycles. The Labute approximate surface area is 153 Å². The van der Waals surface area contributed by atoms with Crippen LogP contribution in [0.15, 0.2) is 59.5 Å². The van der Waals surface area contributed by atoms with Crippen LogP contribution in [0.5, 0.6) is 0 Å².